The number of quaternary nitrogens is 1. The number of hydrogen-bond donors (Lipinski definition) is 1. The van der Waals surface area contributed by atoms with Crippen LogP contribution in [0.25, 0.3) is 0 Å². The largest absolute Gasteiger partial charge is 0.323 e. The monoisotopic (exact) mass is 661 g/mol. The van der Waals surface area contributed by atoms with Crippen molar-refractivity contribution >= 4 is 23.1 Å². The third-order valence-corrected chi connectivity index (χ3v) is 8.79. The van der Waals surface area contributed by atoms with Gasteiger partial charge in [0.1, 0.15) is 29.8 Å². The molecule has 0 spiro atoms. The van der Waals surface area contributed by atoms with Gasteiger partial charge in [-0.1, -0.05) is 60.5 Å². The van der Waals surface area contributed by atoms with Crippen molar-refractivity contribution in [3.63, 3.8) is 0 Å². The molecule has 1 aliphatic rings. The van der Waals surface area contributed by atoms with E-state index in [0.29, 0.717) is 0 Å². The molecule has 0 radical (unpaired) electrons. The van der Waals surface area contributed by atoms with Gasteiger partial charge in [-0.3, -0.25) is 0 Å². The summed E-state index contributed by atoms with van der Waals surface area (Å²) in [6.07, 6.45) is 2.45. The highest BCUT2D eigenvalue weighted by Gasteiger charge is 2.45. The number of halogens is 10. The predicted octanol–water partition coefficient (Wildman–Crippen LogP) is 6.14. The Kier molecular flexibility index (Phi) is 8.03. The van der Waals surface area contributed by atoms with Crippen LogP contribution in [0.4, 0.5) is 43.9 Å². The first-order valence-corrected chi connectivity index (χ1v) is 14.2. The van der Waals surface area contributed by atoms with Crippen molar-refractivity contribution < 1.29 is 57.0 Å². The molecule has 0 saturated carbocycles. The van der Waals surface area contributed by atoms with Crippen LogP contribution in [-0.4, -0.2) is 17.8 Å². The number of piperidine rings is 1. The zero-order valence-electron chi connectivity index (χ0n) is 31.1. The van der Waals surface area contributed by atoms with E-state index in [9.17, 15) is 26.3 Å². The molecule has 46 heavy (non-hydrogen) atoms. The first-order valence-electron chi connectivity index (χ1n) is 17.2. The van der Waals surface area contributed by atoms with Gasteiger partial charge in [-0.05, 0) is 39.7 Å². The summed E-state index contributed by atoms with van der Waals surface area (Å²) in [4.78, 5) is 0.951. The molecule has 0 aromatic heterocycles. The van der Waals surface area contributed by atoms with E-state index in [1.807, 2.05) is 27.7 Å². The highest BCUT2D eigenvalue weighted by Crippen LogP contribution is 2.25. The Morgan fingerprint density at radius 1 is 0.565 bits per heavy atom. The Morgan fingerprint density at radius 2 is 0.891 bits per heavy atom. The molecule has 1 saturated heterocycles. The summed E-state index contributed by atoms with van der Waals surface area (Å²) in [6.45, 7) is 4.17. The van der Waals surface area contributed by atoms with Gasteiger partial charge in [-0.15, -0.1) is 10.9 Å². The molecule has 0 unspecified atom stereocenters. The van der Waals surface area contributed by atoms with Gasteiger partial charge in [0.25, 0.3) is 0 Å². The Bertz CT molecular complexity index is 1810. The van der Waals surface area contributed by atoms with Gasteiger partial charge in [0, 0.05) is 12.8 Å². The molecule has 1 heterocycles. The Labute approximate surface area is 269 Å². The molecule has 0 atom stereocenters. The Balaban J connectivity index is 0.000000427. The second kappa shape index (κ2) is 13.5. The maximum absolute atomic E-state index is 15.2. The van der Waals surface area contributed by atoms with Crippen molar-refractivity contribution in [3.05, 3.63) is 124 Å². The maximum atomic E-state index is 15.2. The van der Waals surface area contributed by atoms with Crippen LogP contribution in [-0.2, 0) is 6.54 Å². The fourth-order valence-corrected chi connectivity index (χ4v) is 6.60. The molecule has 1 nitrogen and oxygen atoms in total. The van der Waals surface area contributed by atoms with Gasteiger partial charge in [0.2, 0.25) is 0 Å². The first-order chi connectivity index (χ1) is 24.0. The van der Waals surface area contributed by atoms with E-state index in [4.69, 9.17) is 8.22 Å². The summed E-state index contributed by atoms with van der Waals surface area (Å²) in [5, 5.41) is 0. The molecular formula is C34H32BF10N. The van der Waals surface area contributed by atoms with Crippen LogP contribution < -0.4 is 21.3 Å². The van der Waals surface area contributed by atoms with Gasteiger partial charge >= 0.3 is 0 Å². The molecule has 4 aromatic rings. The van der Waals surface area contributed by atoms with Gasteiger partial charge in [0.15, 0.2) is 34.9 Å². The van der Waals surface area contributed by atoms with Crippen molar-refractivity contribution in [2.24, 2.45) is 0 Å². The molecule has 0 aliphatic carbocycles. The summed E-state index contributed by atoms with van der Waals surface area (Å²) in [7, 11) is 0. The van der Waals surface area contributed by atoms with Gasteiger partial charge in [-0.2, -0.15) is 5.46 Å². The van der Waals surface area contributed by atoms with Crippen molar-refractivity contribution in [1.29, 1.82) is 0 Å². The Hall–Kier alpha value is -3.80. The van der Waals surface area contributed by atoms with E-state index in [0.717, 1.165) is 30.2 Å². The fraction of sp³-hybridized carbons (Fsp3) is 0.294. The van der Waals surface area contributed by atoms with E-state index in [1.54, 1.807) is 0 Å². The van der Waals surface area contributed by atoms with Crippen molar-refractivity contribution in [2.45, 2.75) is 64.6 Å². The topological polar surface area (TPSA) is 4.44 Å². The number of benzene rings is 4. The van der Waals surface area contributed by atoms with Crippen LogP contribution in [0.5, 0.6) is 0 Å². The van der Waals surface area contributed by atoms with E-state index in [-0.39, 0.29) is 28.6 Å². The lowest BCUT2D eigenvalue weighted by Crippen LogP contribution is -3.25. The summed E-state index contributed by atoms with van der Waals surface area (Å²) in [5.74, 6) is -24.3. The van der Waals surface area contributed by atoms with Crippen LogP contribution in [0.1, 0.15) is 60.7 Å². The van der Waals surface area contributed by atoms with Gasteiger partial charge < -0.3 is 4.90 Å². The smallest absolute Gasteiger partial charge is 0.200 e. The molecule has 1 fully saturated rings. The van der Waals surface area contributed by atoms with Crippen LogP contribution in [0.2, 0.25) is 0 Å². The van der Waals surface area contributed by atoms with Crippen molar-refractivity contribution in [1.82, 2.24) is 0 Å². The summed E-state index contributed by atoms with van der Waals surface area (Å²) < 4.78 is 189. The molecule has 1 aliphatic heterocycles. The highest BCUT2D eigenvalue weighted by atomic mass is 19.2. The number of rotatable bonds is 5. The van der Waals surface area contributed by atoms with Crippen molar-refractivity contribution in [3.8, 4) is 0 Å². The van der Waals surface area contributed by atoms with Crippen LogP contribution in [0.15, 0.2) is 60.5 Å². The minimum Gasteiger partial charge on any atom is -0.323 e. The van der Waals surface area contributed by atoms with Gasteiger partial charge in [-0.25, -0.2) is 43.9 Å². The minimum atomic E-state index is -3.81. The zero-order chi connectivity index (χ0) is 39.4. The molecular weight excluding hydrogens is 623 g/mol. The van der Waals surface area contributed by atoms with Crippen LogP contribution in [0, 0.1) is 58.2 Å². The van der Waals surface area contributed by atoms with E-state index in [2.05, 4.69) is 0 Å². The molecule has 1 N–H and O–H groups in total. The summed E-state index contributed by atoms with van der Waals surface area (Å²) >= 11 is 0. The average Bonchev–Trinajstić information content (AvgIpc) is 3.10. The third kappa shape index (κ3) is 6.54. The number of likely N-dealkylation sites (tertiary alicyclic amines) is 1. The summed E-state index contributed by atoms with van der Waals surface area (Å²) in [6, 6.07) is 2.64. The SMILES string of the molecule is CC1(C)CCCC(C)(C)[NH+]1Cc1ccccc1[BH-](c1c(F)c(F)c(F)c(F)c1F)c1c(F)c(F)c(F)c(F)c1F.[2H]c1c([2H])c([2H])c([2H])c([2H])c1[2H]. The second-order valence-corrected chi connectivity index (χ2v) is 12.4. The lowest BCUT2D eigenvalue weighted by molar-refractivity contribution is -1.01. The lowest BCUT2D eigenvalue weighted by atomic mass is 9.35. The summed E-state index contributed by atoms with van der Waals surface area (Å²) in [5.41, 5.74) is -4.13. The molecule has 12 heteroatoms. The number of nitrogens with one attached hydrogen (secondary N) is 1. The van der Waals surface area contributed by atoms with Crippen molar-refractivity contribution in [2.75, 3.05) is 0 Å². The molecule has 5 rings (SSSR count). The first kappa shape index (κ1) is 27.3. The maximum Gasteiger partial charge on any atom is 0.200 e. The zero-order valence-corrected chi connectivity index (χ0v) is 25.1. The Morgan fingerprint density at radius 3 is 1.26 bits per heavy atom. The standard InChI is InChI=1S/C28H25BF10N.C6H6/c1-27(2)10-7-11-28(3,4)40(27)12-13-8-5-6-9-14(13)29(15-17(30)21(34)25(38)22(35)18(15)31)16-19(32)23(36)26(39)24(37)20(16)33;1-2-4-6-5-3-1/h5-6,8-9,29H,7,10-12H2,1-4H3;1-6H/q-1;/p+1/i;1D,2D,3D,4D,5D,6D. The van der Waals surface area contributed by atoms with E-state index >= 15 is 17.6 Å². The highest BCUT2D eigenvalue weighted by molar-refractivity contribution is 6.96. The molecule has 246 valence electrons. The predicted molar refractivity (Wildman–Crippen MR) is 158 cm³/mol. The molecule has 0 amide bonds. The molecule has 0 bridgehead atoms. The van der Waals surface area contributed by atoms with Gasteiger partial charge in [0.05, 0.1) is 26.0 Å². The van der Waals surface area contributed by atoms with Crippen LogP contribution >= 0.6 is 0 Å². The quantitative estimate of drug-likeness (QED) is 0.114. The average molecular weight is 661 g/mol. The van der Waals surface area contributed by atoms with Crippen LogP contribution in [0.3, 0.4) is 0 Å². The number of hydrogen-bond acceptors (Lipinski definition) is 0. The lowest BCUT2D eigenvalue weighted by Gasteiger charge is -2.50. The minimum absolute atomic E-state index is 0.0739. The second-order valence-electron chi connectivity index (χ2n) is 12.4. The molecule has 4 aromatic carbocycles. The van der Waals surface area contributed by atoms with E-state index in [1.165, 1.54) is 18.2 Å². The van der Waals surface area contributed by atoms with E-state index < -0.39 is 112 Å². The third-order valence-electron chi connectivity index (χ3n) is 8.79. The normalized spacial score (nSPS) is 17.7. The fourth-order valence-electron chi connectivity index (χ4n) is 6.60.